The van der Waals surface area contributed by atoms with Crippen molar-refractivity contribution in [3.63, 3.8) is 0 Å². The number of carbonyl (C=O) groups excluding carboxylic acids is 1. The van der Waals surface area contributed by atoms with Crippen LogP contribution in [0, 0.1) is 11.7 Å². The van der Waals surface area contributed by atoms with Crippen LogP contribution in [0.25, 0.3) is 0 Å². The van der Waals surface area contributed by atoms with Gasteiger partial charge in [-0.3, -0.25) is 9.78 Å². The Balaban J connectivity index is 1.70. The molecule has 2 heterocycles. The molecular formula is C12H14FN3O2. The fourth-order valence-corrected chi connectivity index (χ4v) is 2.72. The van der Waals surface area contributed by atoms with Gasteiger partial charge in [0.05, 0.1) is 23.9 Å². The number of nitrogens with zero attached hydrogens (tertiary/aromatic N) is 1. The van der Waals surface area contributed by atoms with Crippen molar-refractivity contribution < 1.29 is 13.9 Å². The maximum atomic E-state index is 13.4. The molecule has 4 atom stereocenters. The number of hydrogen-bond acceptors (Lipinski definition) is 4. The molecule has 2 fully saturated rings. The van der Waals surface area contributed by atoms with Gasteiger partial charge in [0.2, 0.25) is 0 Å². The van der Waals surface area contributed by atoms with Crippen LogP contribution in [0.1, 0.15) is 16.8 Å². The summed E-state index contributed by atoms with van der Waals surface area (Å²) in [5, 5.41) is 2.74. The molecule has 1 aliphatic carbocycles. The molecule has 0 bridgehead atoms. The Morgan fingerprint density at radius 3 is 3.22 bits per heavy atom. The van der Waals surface area contributed by atoms with E-state index < -0.39 is 11.7 Å². The first kappa shape index (κ1) is 11.6. The van der Waals surface area contributed by atoms with Crippen LogP contribution in [-0.4, -0.2) is 35.7 Å². The lowest BCUT2D eigenvalue weighted by molar-refractivity contribution is -0.0161. The summed E-state index contributed by atoms with van der Waals surface area (Å²) in [5.41, 5.74) is 5.96. The van der Waals surface area contributed by atoms with E-state index in [2.05, 4.69) is 10.3 Å². The molecule has 5 nitrogen and oxygen atoms in total. The second-order valence-corrected chi connectivity index (χ2v) is 4.72. The summed E-state index contributed by atoms with van der Waals surface area (Å²) in [6, 6.07) is 1.02. The Morgan fingerprint density at radius 1 is 1.61 bits per heavy atom. The molecule has 1 aromatic rings. The molecule has 18 heavy (non-hydrogen) atoms. The monoisotopic (exact) mass is 251 g/mol. The topological polar surface area (TPSA) is 77.2 Å². The molecule has 1 aromatic heterocycles. The molecule has 3 N–H and O–H groups in total. The normalized spacial score (nSPS) is 33.7. The highest BCUT2D eigenvalue weighted by molar-refractivity contribution is 5.94. The lowest BCUT2D eigenvalue weighted by Crippen LogP contribution is -2.69. The third-order valence-corrected chi connectivity index (χ3v) is 3.76. The minimum Gasteiger partial charge on any atom is -0.376 e. The molecule has 1 aliphatic heterocycles. The van der Waals surface area contributed by atoms with Gasteiger partial charge in [0, 0.05) is 24.8 Å². The average molecular weight is 251 g/mol. The zero-order valence-corrected chi connectivity index (χ0v) is 9.67. The Morgan fingerprint density at radius 2 is 2.44 bits per heavy atom. The number of pyridine rings is 1. The Hall–Kier alpha value is -1.53. The number of aromatic nitrogens is 1. The van der Waals surface area contributed by atoms with Gasteiger partial charge in [-0.05, 0) is 12.5 Å². The van der Waals surface area contributed by atoms with E-state index in [1.807, 2.05) is 0 Å². The van der Waals surface area contributed by atoms with Crippen LogP contribution in [0.2, 0.25) is 0 Å². The molecule has 4 unspecified atom stereocenters. The number of fused-ring (bicyclic) bond motifs is 1. The van der Waals surface area contributed by atoms with Crippen molar-refractivity contribution in [3.05, 3.63) is 29.8 Å². The van der Waals surface area contributed by atoms with E-state index in [0.717, 1.165) is 12.6 Å². The maximum Gasteiger partial charge on any atom is 0.254 e. The van der Waals surface area contributed by atoms with Crippen LogP contribution in [0.3, 0.4) is 0 Å². The highest BCUT2D eigenvalue weighted by Crippen LogP contribution is 2.37. The lowest BCUT2D eigenvalue weighted by atomic mass is 9.72. The summed E-state index contributed by atoms with van der Waals surface area (Å²) in [4.78, 5) is 15.5. The van der Waals surface area contributed by atoms with E-state index in [1.165, 1.54) is 12.3 Å². The zero-order valence-electron chi connectivity index (χ0n) is 9.67. The molecule has 0 spiro atoms. The molecule has 1 saturated heterocycles. The lowest BCUT2D eigenvalue weighted by Gasteiger charge is -2.45. The number of hydrogen-bond donors (Lipinski definition) is 2. The van der Waals surface area contributed by atoms with Gasteiger partial charge in [-0.25, -0.2) is 4.39 Å². The van der Waals surface area contributed by atoms with Gasteiger partial charge >= 0.3 is 0 Å². The molecule has 0 radical (unpaired) electrons. The number of nitrogens with two attached hydrogens (primary N) is 1. The summed E-state index contributed by atoms with van der Waals surface area (Å²) < 4.78 is 18.9. The van der Waals surface area contributed by atoms with E-state index in [9.17, 15) is 9.18 Å². The zero-order chi connectivity index (χ0) is 12.7. The Bertz CT molecular complexity index is 482. The van der Waals surface area contributed by atoms with Gasteiger partial charge in [0.15, 0.2) is 5.82 Å². The summed E-state index contributed by atoms with van der Waals surface area (Å²) in [6.07, 6.45) is 3.31. The Labute approximate surface area is 104 Å². The van der Waals surface area contributed by atoms with Crippen molar-refractivity contribution >= 4 is 5.91 Å². The fraction of sp³-hybridized carbons (Fsp3) is 0.500. The quantitative estimate of drug-likeness (QED) is 0.779. The first-order chi connectivity index (χ1) is 8.68. The minimum atomic E-state index is -0.633. The van der Waals surface area contributed by atoms with Gasteiger partial charge in [-0.2, -0.15) is 0 Å². The maximum absolute atomic E-state index is 13.4. The van der Waals surface area contributed by atoms with Crippen molar-refractivity contribution in [3.8, 4) is 0 Å². The SMILES string of the molecule is NC1C2CCOC2C1NC(=O)c1ccncc1F. The van der Waals surface area contributed by atoms with Crippen LogP contribution in [-0.2, 0) is 4.74 Å². The first-order valence-corrected chi connectivity index (χ1v) is 5.96. The summed E-state index contributed by atoms with van der Waals surface area (Å²) in [5.74, 6) is -0.784. The highest BCUT2D eigenvalue weighted by atomic mass is 19.1. The third kappa shape index (κ3) is 1.69. The number of ether oxygens (including phenoxy) is 1. The van der Waals surface area contributed by atoms with Gasteiger partial charge in [0.1, 0.15) is 0 Å². The van der Waals surface area contributed by atoms with E-state index >= 15 is 0 Å². The first-order valence-electron chi connectivity index (χ1n) is 5.96. The highest BCUT2D eigenvalue weighted by Gasteiger charge is 2.52. The molecule has 6 heteroatoms. The summed E-state index contributed by atoms with van der Waals surface area (Å²) in [6.45, 7) is 0.680. The van der Waals surface area contributed by atoms with Crippen LogP contribution < -0.4 is 11.1 Å². The van der Waals surface area contributed by atoms with Crippen LogP contribution in [0.15, 0.2) is 18.5 Å². The van der Waals surface area contributed by atoms with E-state index in [4.69, 9.17) is 10.5 Å². The molecule has 1 amide bonds. The predicted octanol–water partition coefficient (Wildman–Crippen LogP) is 0.0651. The van der Waals surface area contributed by atoms with Crippen LogP contribution >= 0.6 is 0 Å². The van der Waals surface area contributed by atoms with Gasteiger partial charge < -0.3 is 15.8 Å². The van der Waals surface area contributed by atoms with E-state index in [0.29, 0.717) is 12.5 Å². The number of carbonyl (C=O) groups is 1. The fourth-order valence-electron chi connectivity index (χ4n) is 2.72. The number of halogens is 1. The Kier molecular flexibility index (Phi) is 2.76. The summed E-state index contributed by atoms with van der Waals surface area (Å²) >= 11 is 0. The van der Waals surface area contributed by atoms with Gasteiger partial charge in [0.25, 0.3) is 5.91 Å². The largest absolute Gasteiger partial charge is 0.376 e. The van der Waals surface area contributed by atoms with Gasteiger partial charge in [-0.15, -0.1) is 0 Å². The average Bonchev–Trinajstić information content (AvgIpc) is 2.81. The van der Waals surface area contributed by atoms with Gasteiger partial charge in [-0.1, -0.05) is 0 Å². The molecule has 3 rings (SSSR count). The predicted molar refractivity (Wildman–Crippen MR) is 61.3 cm³/mol. The second kappa shape index (κ2) is 4.29. The second-order valence-electron chi connectivity index (χ2n) is 4.72. The van der Waals surface area contributed by atoms with E-state index in [-0.39, 0.29) is 23.8 Å². The number of nitrogens with one attached hydrogen (secondary N) is 1. The molecule has 1 saturated carbocycles. The van der Waals surface area contributed by atoms with Crippen LogP contribution in [0.5, 0.6) is 0 Å². The molecule has 0 aromatic carbocycles. The van der Waals surface area contributed by atoms with Crippen molar-refractivity contribution in [1.29, 1.82) is 0 Å². The van der Waals surface area contributed by atoms with Crippen molar-refractivity contribution in [2.75, 3.05) is 6.61 Å². The van der Waals surface area contributed by atoms with Crippen molar-refractivity contribution in [2.24, 2.45) is 11.7 Å². The number of rotatable bonds is 2. The number of amides is 1. The van der Waals surface area contributed by atoms with Crippen molar-refractivity contribution in [2.45, 2.75) is 24.6 Å². The smallest absolute Gasteiger partial charge is 0.254 e. The molecule has 96 valence electrons. The van der Waals surface area contributed by atoms with Crippen LogP contribution in [0.4, 0.5) is 4.39 Å². The van der Waals surface area contributed by atoms with Crippen molar-refractivity contribution in [1.82, 2.24) is 10.3 Å². The molecule has 2 aliphatic rings. The minimum absolute atomic E-state index is 0.0151. The molecular weight excluding hydrogens is 237 g/mol. The summed E-state index contributed by atoms with van der Waals surface area (Å²) in [7, 11) is 0. The third-order valence-electron chi connectivity index (χ3n) is 3.76. The standard InChI is InChI=1S/C12H14FN3O2/c13-8-5-15-3-1-6(8)12(17)16-10-9(14)7-2-4-18-11(7)10/h1,3,5,7,9-11H,2,4,14H2,(H,16,17). The van der Waals surface area contributed by atoms with E-state index in [1.54, 1.807) is 0 Å².